The monoisotopic (exact) mass is 347 g/mol. The van der Waals surface area contributed by atoms with Gasteiger partial charge in [0.15, 0.2) is 6.61 Å². The second kappa shape index (κ2) is 9.44. The van der Waals surface area contributed by atoms with E-state index < -0.39 is 0 Å². The van der Waals surface area contributed by atoms with Crippen LogP contribution in [0.1, 0.15) is 52.0 Å². The normalized spacial score (nSPS) is 17.4. The lowest BCUT2D eigenvalue weighted by atomic mass is 10.00. The van der Waals surface area contributed by atoms with Crippen LogP contribution in [0.25, 0.3) is 0 Å². The third-order valence-corrected chi connectivity index (χ3v) is 4.39. The molecule has 0 aliphatic carbocycles. The van der Waals surface area contributed by atoms with Gasteiger partial charge in [-0.05, 0) is 57.2 Å². The third kappa shape index (κ3) is 6.07. The van der Waals surface area contributed by atoms with Crippen LogP contribution in [0.4, 0.5) is 0 Å². The number of hydrogen-bond acceptors (Lipinski definition) is 4. The van der Waals surface area contributed by atoms with Gasteiger partial charge >= 0.3 is 5.97 Å². The molecule has 1 saturated heterocycles. The van der Waals surface area contributed by atoms with Crippen LogP contribution in [0.15, 0.2) is 24.3 Å². The summed E-state index contributed by atoms with van der Waals surface area (Å²) in [5.74, 6) is 0.257. The molecular weight excluding hydrogens is 318 g/mol. The Kier molecular flexibility index (Phi) is 7.29. The van der Waals surface area contributed by atoms with E-state index in [9.17, 15) is 9.59 Å². The van der Waals surface area contributed by atoms with Gasteiger partial charge in [0.2, 0.25) is 0 Å². The Morgan fingerprint density at radius 1 is 1.28 bits per heavy atom. The van der Waals surface area contributed by atoms with E-state index >= 15 is 0 Å². The molecule has 1 aromatic rings. The second-order valence-electron chi connectivity index (χ2n) is 6.80. The molecule has 5 nitrogen and oxygen atoms in total. The number of amides is 1. The summed E-state index contributed by atoms with van der Waals surface area (Å²) in [6, 6.07) is 7.68. The van der Waals surface area contributed by atoms with Crippen molar-refractivity contribution >= 4 is 11.9 Å². The minimum absolute atomic E-state index is 0.0795. The first-order chi connectivity index (χ1) is 12.0. The number of benzene rings is 1. The van der Waals surface area contributed by atoms with Crippen LogP contribution in [0, 0.1) is 0 Å². The second-order valence-corrected chi connectivity index (χ2v) is 6.80. The zero-order valence-corrected chi connectivity index (χ0v) is 15.5. The summed E-state index contributed by atoms with van der Waals surface area (Å²) in [6.07, 6.45) is 4.40. The highest BCUT2D eigenvalue weighted by atomic mass is 16.5. The summed E-state index contributed by atoms with van der Waals surface area (Å²) < 4.78 is 10.8. The van der Waals surface area contributed by atoms with Gasteiger partial charge in [0.25, 0.3) is 5.91 Å². The maximum atomic E-state index is 12.3. The first kappa shape index (κ1) is 19.3. The smallest absolute Gasteiger partial charge is 0.310 e. The summed E-state index contributed by atoms with van der Waals surface area (Å²) >= 11 is 0. The van der Waals surface area contributed by atoms with Crippen molar-refractivity contribution in [2.45, 2.75) is 65.0 Å². The molecule has 0 radical (unpaired) electrons. The molecule has 0 N–H and O–H groups in total. The molecule has 138 valence electrons. The zero-order chi connectivity index (χ0) is 18.2. The van der Waals surface area contributed by atoms with Crippen LogP contribution >= 0.6 is 0 Å². The van der Waals surface area contributed by atoms with Gasteiger partial charge in [-0.3, -0.25) is 9.59 Å². The van der Waals surface area contributed by atoms with E-state index in [0.29, 0.717) is 0 Å². The average molecular weight is 347 g/mol. The van der Waals surface area contributed by atoms with Gasteiger partial charge in [0.05, 0.1) is 12.5 Å². The number of hydrogen-bond donors (Lipinski definition) is 0. The number of esters is 1. The quantitative estimate of drug-likeness (QED) is 0.710. The van der Waals surface area contributed by atoms with Crippen molar-refractivity contribution in [3.05, 3.63) is 29.8 Å². The standard InChI is InChI=1S/C20H29NO4/c1-4-17-9-5-6-11-21(17)19(22)14-24-20(23)13-16-8-7-10-18(12-16)25-15(2)3/h7-8,10,12,15,17H,4-6,9,11,13-14H2,1-3H3. The van der Waals surface area contributed by atoms with Crippen molar-refractivity contribution in [3.8, 4) is 5.75 Å². The Bertz CT molecular complexity index is 585. The molecule has 1 aliphatic rings. The van der Waals surface area contributed by atoms with E-state index in [1.807, 2.05) is 43.0 Å². The number of carbonyl (C=O) groups excluding carboxylic acids is 2. The lowest BCUT2D eigenvalue weighted by Gasteiger charge is -2.35. The number of nitrogens with zero attached hydrogens (tertiary/aromatic N) is 1. The van der Waals surface area contributed by atoms with E-state index in [0.717, 1.165) is 43.5 Å². The maximum Gasteiger partial charge on any atom is 0.310 e. The van der Waals surface area contributed by atoms with Gasteiger partial charge in [-0.15, -0.1) is 0 Å². The average Bonchev–Trinajstić information content (AvgIpc) is 2.59. The van der Waals surface area contributed by atoms with Crippen molar-refractivity contribution in [3.63, 3.8) is 0 Å². The number of likely N-dealkylation sites (tertiary alicyclic amines) is 1. The Labute approximate surface area is 150 Å². The summed E-state index contributed by atoms with van der Waals surface area (Å²) in [5, 5.41) is 0. The molecule has 0 aromatic heterocycles. The van der Waals surface area contributed by atoms with Crippen LogP contribution in [-0.2, 0) is 20.7 Å². The van der Waals surface area contributed by atoms with Gasteiger partial charge in [0, 0.05) is 12.6 Å². The van der Waals surface area contributed by atoms with Crippen molar-refractivity contribution in [2.75, 3.05) is 13.2 Å². The van der Waals surface area contributed by atoms with E-state index in [1.165, 1.54) is 0 Å². The van der Waals surface area contributed by atoms with Gasteiger partial charge in [-0.2, -0.15) is 0 Å². The van der Waals surface area contributed by atoms with E-state index in [2.05, 4.69) is 6.92 Å². The Morgan fingerprint density at radius 3 is 2.80 bits per heavy atom. The molecule has 1 fully saturated rings. The molecule has 0 spiro atoms. The van der Waals surface area contributed by atoms with Crippen molar-refractivity contribution in [1.29, 1.82) is 0 Å². The Hall–Kier alpha value is -2.04. The zero-order valence-electron chi connectivity index (χ0n) is 15.5. The third-order valence-electron chi connectivity index (χ3n) is 4.39. The first-order valence-corrected chi connectivity index (χ1v) is 9.20. The molecule has 5 heteroatoms. The van der Waals surface area contributed by atoms with Gasteiger partial charge in [-0.1, -0.05) is 19.1 Å². The topological polar surface area (TPSA) is 55.8 Å². The largest absolute Gasteiger partial charge is 0.491 e. The van der Waals surface area contributed by atoms with Crippen LogP contribution in [-0.4, -0.2) is 42.1 Å². The summed E-state index contributed by atoms with van der Waals surface area (Å²) in [7, 11) is 0. The van der Waals surface area contributed by atoms with Crippen molar-refractivity contribution in [2.24, 2.45) is 0 Å². The fourth-order valence-corrected chi connectivity index (χ4v) is 3.20. The molecule has 1 atom stereocenters. The molecule has 1 aliphatic heterocycles. The summed E-state index contributed by atoms with van der Waals surface area (Å²) in [6.45, 7) is 6.60. The van der Waals surface area contributed by atoms with E-state index in [-0.39, 0.29) is 37.0 Å². The van der Waals surface area contributed by atoms with Crippen molar-refractivity contribution < 1.29 is 19.1 Å². The predicted octanol–water partition coefficient (Wildman–Crippen LogP) is 3.35. The number of ether oxygens (including phenoxy) is 2. The van der Waals surface area contributed by atoms with E-state index in [4.69, 9.17) is 9.47 Å². The Morgan fingerprint density at radius 2 is 2.08 bits per heavy atom. The molecule has 1 heterocycles. The maximum absolute atomic E-state index is 12.3. The van der Waals surface area contributed by atoms with Gasteiger partial charge in [0.1, 0.15) is 5.75 Å². The van der Waals surface area contributed by atoms with Crippen LogP contribution in [0.2, 0.25) is 0 Å². The Balaban J connectivity index is 1.83. The van der Waals surface area contributed by atoms with E-state index in [1.54, 1.807) is 0 Å². The molecule has 1 aromatic carbocycles. The lowest BCUT2D eigenvalue weighted by Crippen LogP contribution is -2.45. The number of carbonyl (C=O) groups is 2. The van der Waals surface area contributed by atoms with Gasteiger partial charge < -0.3 is 14.4 Å². The fraction of sp³-hybridized carbons (Fsp3) is 0.600. The molecule has 2 rings (SSSR count). The molecular formula is C20H29NO4. The van der Waals surface area contributed by atoms with Crippen molar-refractivity contribution in [1.82, 2.24) is 4.90 Å². The minimum Gasteiger partial charge on any atom is -0.491 e. The molecule has 1 amide bonds. The highest BCUT2D eigenvalue weighted by Crippen LogP contribution is 2.20. The lowest BCUT2D eigenvalue weighted by molar-refractivity contribution is -0.153. The highest BCUT2D eigenvalue weighted by Gasteiger charge is 2.25. The molecule has 0 saturated carbocycles. The van der Waals surface area contributed by atoms with Gasteiger partial charge in [-0.25, -0.2) is 0 Å². The van der Waals surface area contributed by atoms with Crippen LogP contribution in [0.3, 0.4) is 0 Å². The molecule has 25 heavy (non-hydrogen) atoms. The molecule has 1 unspecified atom stereocenters. The number of piperidine rings is 1. The van der Waals surface area contributed by atoms with Crippen LogP contribution in [0.5, 0.6) is 5.75 Å². The molecule has 0 bridgehead atoms. The summed E-state index contributed by atoms with van der Waals surface area (Å²) in [5.41, 5.74) is 0.819. The number of rotatable bonds is 7. The summed E-state index contributed by atoms with van der Waals surface area (Å²) in [4.78, 5) is 26.2. The first-order valence-electron chi connectivity index (χ1n) is 9.20. The highest BCUT2D eigenvalue weighted by molar-refractivity contribution is 5.81. The van der Waals surface area contributed by atoms with Crippen LogP contribution < -0.4 is 4.74 Å². The SMILES string of the molecule is CCC1CCCCN1C(=O)COC(=O)Cc1cccc(OC(C)C)c1. The predicted molar refractivity (Wildman–Crippen MR) is 96.5 cm³/mol. The fourth-order valence-electron chi connectivity index (χ4n) is 3.20. The minimum atomic E-state index is -0.389.